The van der Waals surface area contributed by atoms with E-state index in [9.17, 15) is 0 Å². The highest BCUT2D eigenvalue weighted by Gasteiger charge is 2.39. The van der Waals surface area contributed by atoms with E-state index in [1.807, 2.05) is 6.20 Å². The highest BCUT2D eigenvalue weighted by molar-refractivity contribution is 4.94. The first-order valence-corrected chi connectivity index (χ1v) is 6.55. The molecule has 0 aliphatic heterocycles. The molecule has 1 heterocycles. The third-order valence-electron chi connectivity index (χ3n) is 4.50. The average Bonchev–Trinajstić information content (AvgIpc) is 2.92. The first-order valence-electron chi connectivity index (χ1n) is 6.55. The Bertz CT molecular complexity index is 333. The van der Waals surface area contributed by atoms with Gasteiger partial charge < -0.3 is 10.7 Å². The zero-order valence-corrected chi connectivity index (χ0v) is 9.73. The molecule has 2 bridgehead atoms. The Balaban J connectivity index is 1.51. The fraction of sp³-hybridized carbons (Fsp3) is 0.769. The molecule has 2 saturated carbocycles. The molecule has 2 aliphatic carbocycles. The molecule has 2 fully saturated rings. The monoisotopic (exact) mass is 219 g/mol. The first-order chi connectivity index (χ1) is 7.81. The quantitative estimate of drug-likeness (QED) is 0.815. The van der Waals surface area contributed by atoms with Crippen LogP contribution in [0.4, 0.5) is 0 Å². The molecule has 3 nitrogen and oxygen atoms in total. The van der Waals surface area contributed by atoms with Gasteiger partial charge in [0.2, 0.25) is 0 Å². The van der Waals surface area contributed by atoms with Gasteiger partial charge >= 0.3 is 0 Å². The van der Waals surface area contributed by atoms with Gasteiger partial charge in [0.25, 0.3) is 0 Å². The number of H-pyrrole nitrogens is 1. The minimum absolute atomic E-state index is 0.288. The van der Waals surface area contributed by atoms with E-state index in [0.29, 0.717) is 0 Å². The maximum absolute atomic E-state index is 6.22. The molecule has 0 amide bonds. The van der Waals surface area contributed by atoms with E-state index in [-0.39, 0.29) is 6.04 Å². The summed E-state index contributed by atoms with van der Waals surface area (Å²) in [6.45, 7) is 0. The molecule has 4 atom stereocenters. The number of hydrogen-bond donors (Lipinski definition) is 2. The zero-order valence-electron chi connectivity index (χ0n) is 9.73. The summed E-state index contributed by atoms with van der Waals surface area (Å²) in [7, 11) is 0. The molecule has 1 aromatic rings. The standard InChI is InChI=1S/C13H21N3/c14-12(8-13-15-3-4-16-13)7-11-6-9-1-2-10(11)5-9/h3-4,9-12H,1-2,5-8,14H2,(H,15,16). The Labute approximate surface area is 96.8 Å². The fourth-order valence-electron chi connectivity index (χ4n) is 3.80. The molecule has 88 valence electrons. The second-order valence-corrected chi connectivity index (χ2v) is 5.67. The molecule has 0 spiro atoms. The van der Waals surface area contributed by atoms with Crippen molar-refractivity contribution in [1.29, 1.82) is 0 Å². The van der Waals surface area contributed by atoms with Crippen molar-refractivity contribution in [3.05, 3.63) is 18.2 Å². The van der Waals surface area contributed by atoms with E-state index in [4.69, 9.17) is 5.73 Å². The number of fused-ring (bicyclic) bond motifs is 2. The van der Waals surface area contributed by atoms with Crippen molar-refractivity contribution in [2.75, 3.05) is 0 Å². The maximum atomic E-state index is 6.22. The molecule has 0 aromatic carbocycles. The van der Waals surface area contributed by atoms with Crippen LogP contribution in [0.3, 0.4) is 0 Å². The van der Waals surface area contributed by atoms with Crippen LogP contribution in [0.15, 0.2) is 12.4 Å². The molecule has 0 saturated heterocycles. The highest BCUT2D eigenvalue weighted by atomic mass is 14.9. The maximum Gasteiger partial charge on any atom is 0.107 e. The number of imidazole rings is 1. The van der Waals surface area contributed by atoms with Gasteiger partial charge in [-0.05, 0) is 43.4 Å². The lowest BCUT2D eigenvalue weighted by atomic mass is 9.84. The SMILES string of the molecule is NC(Cc1ncc[nH]1)CC1CC2CCC1C2. The van der Waals surface area contributed by atoms with E-state index < -0.39 is 0 Å². The molecule has 16 heavy (non-hydrogen) atoms. The molecule has 1 aromatic heterocycles. The summed E-state index contributed by atoms with van der Waals surface area (Å²) in [5.41, 5.74) is 6.22. The van der Waals surface area contributed by atoms with Gasteiger partial charge in [-0.2, -0.15) is 0 Å². The largest absolute Gasteiger partial charge is 0.349 e. The smallest absolute Gasteiger partial charge is 0.107 e. The second kappa shape index (κ2) is 4.21. The van der Waals surface area contributed by atoms with Crippen LogP contribution in [0.5, 0.6) is 0 Å². The van der Waals surface area contributed by atoms with Gasteiger partial charge in [-0.1, -0.05) is 6.42 Å². The summed E-state index contributed by atoms with van der Waals surface area (Å²) in [6.07, 6.45) is 11.6. The predicted octanol–water partition coefficient (Wildman–Crippen LogP) is 2.11. The Morgan fingerprint density at radius 3 is 3.00 bits per heavy atom. The van der Waals surface area contributed by atoms with Gasteiger partial charge in [0.05, 0.1) is 0 Å². The van der Waals surface area contributed by atoms with E-state index in [1.54, 1.807) is 6.20 Å². The van der Waals surface area contributed by atoms with Crippen molar-refractivity contribution in [2.24, 2.45) is 23.5 Å². The van der Waals surface area contributed by atoms with Crippen molar-refractivity contribution >= 4 is 0 Å². The fourth-order valence-corrected chi connectivity index (χ4v) is 3.80. The van der Waals surface area contributed by atoms with Crippen LogP contribution in [0.1, 0.15) is 37.9 Å². The highest BCUT2D eigenvalue weighted by Crippen LogP contribution is 2.49. The number of aromatic amines is 1. The number of rotatable bonds is 4. The summed E-state index contributed by atoms with van der Waals surface area (Å²) in [6, 6.07) is 0.288. The lowest BCUT2D eigenvalue weighted by molar-refractivity contribution is 0.293. The number of nitrogens with one attached hydrogen (secondary N) is 1. The van der Waals surface area contributed by atoms with Crippen molar-refractivity contribution in [1.82, 2.24) is 9.97 Å². The van der Waals surface area contributed by atoms with Crippen LogP contribution in [0.2, 0.25) is 0 Å². The summed E-state index contributed by atoms with van der Waals surface area (Å²) in [5, 5.41) is 0. The van der Waals surface area contributed by atoms with Gasteiger partial charge in [-0.3, -0.25) is 0 Å². The Morgan fingerprint density at radius 2 is 2.38 bits per heavy atom. The van der Waals surface area contributed by atoms with Crippen molar-refractivity contribution in [3.8, 4) is 0 Å². The summed E-state index contributed by atoms with van der Waals surface area (Å²) < 4.78 is 0. The zero-order chi connectivity index (χ0) is 11.0. The van der Waals surface area contributed by atoms with E-state index >= 15 is 0 Å². The number of aromatic nitrogens is 2. The topological polar surface area (TPSA) is 54.7 Å². The van der Waals surface area contributed by atoms with Crippen LogP contribution in [-0.2, 0) is 6.42 Å². The van der Waals surface area contributed by atoms with Crippen molar-refractivity contribution in [3.63, 3.8) is 0 Å². The summed E-state index contributed by atoms with van der Waals surface area (Å²) in [4.78, 5) is 7.38. The van der Waals surface area contributed by atoms with Gasteiger partial charge in [-0.15, -0.1) is 0 Å². The molecular formula is C13H21N3. The number of hydrogen-bond acceptors (Lipinski definition) is 2. The van der Waals surface area contributed by atoms with Gasteiger partial charge in [0.15, 0.2) is 0 Å². The third kappa shape index (κ3) is 2.01. The number of nitrogens with zero attached hydrogens (tertiary/aromatic N) is 1. The molecule has 3 heteroatoms. The van der Waals surface area contributed by atoms with E-state index in [0.717, 1.165) is 30.0 Å². The van der Waals surface area contributed by atoms with Crippen LogP contribution < -0.4 is 5.73 Å². The Morgan fingerprint density at radius 1 is 1.44 bits per heavy atom. The summed E-state index contributed by atoms with van der Waals surface area (Å²) >= 11 is 0. The summed E-state index contributed by atoms with van der Waals surface area (Å²) in [5.74, 6) is 3.97. The van der Waals surface area contributed by atoms with E-state index in [1.165, 1.54) is 32.1 Å². The first kappa shape index (κ1) is 10.3. The molecule has 4 unspecified atom stereocenters. The van der Waals surface area contributed by atoms with Crippen LogP contribution >= 0.6 is 0 Å². The third-order valence-corrected chi connectivity index (χ3v) is 4.50. The van der Waals surface area contributed by atoms with E-state index in [2.05, 4.69) is 9.97 Å². The lowest BCUT2D eigenvalue weighted by Crippen LogP contribution is -2.28. The second-order valence-electron chi connectivity index (χ2n) is 5.67. The average molecular weight is 219 g/mol. The predicted molar refractivity (Wildman–Crippen MR) is 63.8 cm³/mol. The lowest BCUT2D eigenvalue weighted by Gasteiger charge is -2.24. The van der Waals surface area contributed by atoms with Crippen LogP contribution in [-0.4, -0.2) is 16.0 Å². The Hall–Kier alpha value is -0.830. The van der Waals surface area contributed by atoms with Crippen molar-refractivity contribution in [2.45, 2.75) is 44.6 Å². The van der Waals surface area contributed by atoms with Gasteiger partial charge in [-0.25, -0.2) is 4.98 Å². The minimum atomic E-state index is 0.288. The minimum Gasteiger partial charge on any atom is -0.349 e. The Kier molecular flexibility index (Phi) is 2.72. The van der Waals surface area contributed by atoms with Crippen LogP contribution in [0, 0.1) is 17.8 Å². The molecule has 0 radical (unpaired) electrons. The normalized spacial score (nSPS) is 34.4. The van der Waals surface area contributed by atoms with Crippen molar-refractivity contribution < 1.29 is 0 Å². The van der Waals surface area contributed by atoms with Gasteiger partial charge in [0.1, 0.15) is 5.82 Å². The molecular weight excluding hydrogens is 198 g/mol. The van der Waals surface area contributed by atoms with Gasteiger partial charge in [0, 0.05) is 24.9 Å². The van der Waals surface area contributed by atoms with Crippen LogP contribution in [0.25, 0.3) is 0 Å². The molecule has 3 N–H and O–H groups in total. The molecule has 2 aliphatic rings. The molecule has 3 rings (SSSR count). The number of nitrogens with two attached hydrogens (primary N) is 1.